The Morgan fingerprint density at radius 3 is 1.83 bits per heavy atom. The van der Waals surface area contributed by atoms with Crippen molar-refractivity contribution >= 4 is 35.3 Å². The smallest absolute Gasteiger partial charge is 0.211 e. The summed E-state index contributed by atoms with van der Waals surface area (Å²) in [7, 11) is 0. The zero-order valence-electron chi connectivity index (χ0n) is 9.64. The fourth-order valence-corrected chi connectivity index (χ4v) is 1.55. The van der Waals surface area contributed by atoms with Crippen molar-refractivity contribution in [1.29, 1.82) is 0 Å². The Balaban J connectivity index is 3.57. The quantitative estimate of drug-likeness (QED) is 0.588. The minimum absolute atomic E-state index is 0.216. The molecule has 0 N–H and O–H groups in total. The maximum Gasteiger partial charge on any atom is 0.240 e. The molecule has 0 spiro atoms. The molecule has 0 radical (unpaired) electrons. The number of isocyanates is 3. The fraction of sp³-hybridized carbons (Fsp3) is 0.250. The number of carbonyl (C=O) groups excluding carboxylic acids is 3. The van der Waals surface area contributed by atoms with Crippen molar-refractivity contribution in [3.05, 3.63) is 17.7 Å². The lowest BCUT2D eigenvalue weighted by molar-refractivity contribution is 0.564. The first-order valence-corrected chi connectivity index (χ1v) is 5.17. The lowest BCUT2D eigenvalue weighted by Crippen LogP contribution is -1.86. The van der Waals surface area contributed by atoms with E-state index in [0.717, 1.165) is 6.42 Å². The predicted molar refractivity (Wildman–Crippen MR) is 63.8 cm³/mol. The molecular weight excluding hydrogens is 234 g/mol. The van der Waals surface area contributed by atoms with Crippen molar-refractivity contribution in [3.63, 3.8) is 0 Å². The van der Waals surface area contributed by atoms with Gasteiger partial charge in [0.1, 0.15) is 0 Å². The summed E-state index contributed by atoms with van der Waals surface area (Å²) in [6.45, 7) is 1.93. The third kappa shape index (κ3) is 3.17. The molecule has 0 amide bonds. The van der Waals surface area contributed by atoms with Crippen LogP contribution in [0.15, 0.2) is 27.1 Å². The zero-order chi connectivity index (χ0) is 13.4. The van der Waals surface area contributed by atoms with Crippen LogP contribution in [-0.4, -0.2) is 18.2 Å². The van der Waals surface area contributed by atoms with E-state index in [-0.39, 0.29) is 17.1 Å². The third-order valence-electron chi connectivity index (χ3n) is 2.19. The summed E-state index contributed by atoms with van der Waals surface area (Å²) < 4.78 is 0. The second-order valence-corrected chi connectivity index (χ2v) is 3.32. The van der Waals surface area contributed by atoms with Crippen LogP contribution in [0.3, 0.4) is 0 Å². The molecule has 0 heterocycles. The van der Waals surface area contributed by atoms with E-state index in [0.29, 0.717) is 12.0 Å². The van der Waals surface area contributed by atoms with Gasteiger partial charge in [0.05, 0.1) is 17.1 Å². The van der Waals surface area contributed by atoms with Gasteiger partial charge in [-0.2, -0.15) is 15.0 Å². The Kier molecular flexibility index (Phi) is 5.10. The van der Waals surface area contributed by atoms with E-state index in [1.165, 1.54) is 30.4 Å². The molecular formula is C12H9N3O3. The fourth-order valence-electron chi connectivity index (χ4n) is 1.55. The zero-order valence-corrected chi connectivity index (χ0v) is 9.64. The summed E-state index contributed by atoms with van der Waals surface area (Å²) in [5, 5.41) is 0. The van der Waals surface area contributed by atoms with Gasteiger partial charge in [-0.1, -0.05) is 13.3 Å². The highest BCUT2D eigenvalue weighted by atomic mass is 16.1. The summed E-state index contributed by atoms with van der Waals surface area (Å²) >= 11 is 0. The van der Waals surface area contributed by atoms with Crippen molar-refractivity contribution in [3.8, 4) is 0 Å². The van der Waals surface area contributed by atoms with E-state index in [1.807, 2.05) is 6.92 Å². The van der Waals surface area contributed by atoms with Crippen molar-refractivity contribution in [1.82, 2.24) is 0 Å². The van der Waals surface area contributed by atoms with Crippen molar-refractivity contribution in [2.45, 2.75) is 19.8 Å². The predicted octanol–water partition coefficient (Wildman–Crippen LogP) is 2.54. The van der Waals surface area contributed by atoms with Gasteiger partial charge in [-0.25, -0.2) is 14.4 Å². The topological polar surface area (TPSA) is 88.3 Å². The lowest BCUT2D eigenvalue weighted by Gasteiger charge is -2.07. The number of benzene rings is 1. The number of hydrogen-bond acceptors (Lipinski definition) is 6. The molecule has 1 rings (SSSR count). The maximum atomic E-state index is 10.4. The molecule has 0 saturated heterocycles. The van der Waals surface area contributed by atoms with Gasteiger partial charge < -0.3 is 0 Å². The van der Waals surface area contributed by atoms with Crippen LogP contribution in [0.25, 0.3) is 0 Å². The van der Waals surface area contributed by atoms with Crippen LogP contribution in [0.4, 0.5) is 17.1 Å². The van der Waals surface area contributed by atoms with Gasteiger partial charge in [0, 0.05) is 5.56 Å². The van der Waals surface area contributed by atoms with Gasteiger partial charge in [0.2, 0.25) is 18.2 Å². The maximum absolute atomic E-state index is 10.4. The van der Waals surface area contributed by atoms with Crippen LogP contribution < -0.4 is 0 Å². The molecule has 0 fully saturated rings. The summed E-state index contributed by atoms with van der Waals surface area (Å²) in [5.74, 6) is 0. The highest BCUT2D eigenvalue weighted by Crippen LogP contribution is 2.35. The molecule has 0 unspecified atom stereocenters. The Hall–Kier alpha value is -2.64. The molecule has 0 aromatic heterocycles. The first-order chi connectivity index (χ1) is 8.76. The van der Waals surface area contributed by atoms with Gasteiger partial charge in [-0.15, -0.1) is 0 Å². The molecule has 18 heavy (non-hydrogen) atoms. The second-order valence-electron chi connectivity index (χ2n) is 3.32. The molecule has 0 aliphatic rings. The normalized spacial score (nSPS) is 8.72. The van der Waals surface area contributed by atoms with E-state index in [4.69, 9.17) is 0 Å². The first kappa shape index (κ1) is 13.4. The Bertz CT molecular complexity index is 552. The average Bonchev–Trinajstić information content (AvgIpc) is 2.34. The summed E-state index contributed by atoms with van der Waals surface area (Å²) in [6, 6.07) is 2.87. The van der Waals surface area contributed by atoms with Crippen LogP contribution in [0.1, 0.15) is 18.9 Å². The number of hydrogen-bond donors (Lipinski definition) is 0. The number of nitrogens with zero attached hydrogens (tertiary/aromatic N) is 3. The molecule has 6 heteroatoms. The highest BCUT2D eigenvalue weighted by Gasteiger charge is 2.10. The largest absolute Gasteiger partial charge is 0.240 e. The Morgan fingerprint density at radius 2 is 1.44 bits per heavy atom. The van der Waals surface area contributed by atoms with E-state index < -0.39 is 0 Å². The minimum atomic E-state index is 0.216. The van der Waals surface area contributed by atoms with E-state index in [1.54, 1.807) is 0 Å². The lowest BCUT2D eigenvalue weighted by atomic mass is 10.0. The first-order valence-electron chi connectivity index (χ1n) is 5.17. The molecule has 0 atom stereocenters. The minimum Gasteiger partial charge on any atom is -0.211 e. The van der Waals surface area contributed by atoms with Gasteiger partial charge >= 0.3 is 0 Å². The number of rotatable bonds is 5. The summed E-state index contributed by atoms with van der Waals surface area (Å²) in [4.78, 5) is 41.4. The highest BCUT2D eigenvalue weighted by molar-refractivity contribution is 5.72. The Labute approximate surface area is 103 Å². The van der Waals surface area contributed by atoms with Crippen LogP contribution >= 0.6 is 0 Å². The summed E-state index contributed by atoms with van der Waals surface area (Å²) in [5.41, 5.74) is 1.41. The molecule has 1 aromatic carbocycles. The Morgan fingerprint density at radius 1 is 0.944 bits per heavy atom. The standard InChI is InChI=1S/C12H9N3O3/c1-2-3-10-11(14-7-17)4-9(13-6-16)5-12(10)15-8-18/h4-5H,2-3H2,1H3. The monoisotopic (exact) mass is 243 g/mol. The van der Waals surface area contributed by atoms with E-state index >= 15 is 0 Å². The van der Waals surface area contributed by atoms with Gasteiger partial charge in [0.15, 0.2) is 0 Å². The second kappa shape index (κ2) is 6.84. The van der Waals surface area contributed by atoms with Gasteiger partial charge in [-0.05, 0) is 18.6 Å². The van der Waals surface area contributed by atoms with Crippen molar-refractivity contribution in [2.75, 3.05) is 0 Å². The molecule has 0 saturated carbocycles. The number of aliphatic imine (C=N–C) groups is 3. The van der Waals surface area contributed by atoms with Crippen LogP contribution in [-0.2, 0) is 20.8 Å². The van der Waals surface area contributed by atoms with Crippen LogP contribution in [0.5, 0.6) is 0 Å². The SMILES string of the molecule is CCCc1c(N=C=O)cc(N=C=O)cc1N=C=O. The van der Waals surface area contributed by atoms with E-state index in [2.05, 4.69) is 15.0 Å². The van der Waals surface area contributed by atoms with E-state index in [9.17, 15) is 14.4 Å². The van der Waals surface area contributed by atoms with Crippen molar-refractivity contribution < 1.29 is 14.4 Å². The van der Waals surface area contributed by atoms with Crippen LogP contribution in [0.2, 0.25) is 0 Å². The molecule has 0 bridgehead atoms. The summed E-state index contributed by atoms with van der Waals surface area (Å²) in [6.07, 6.45) is 5.55. The third-order valence-corrected chi connectivity index (χ3v) is 2.19. The average molecular weight is 243 g/mol. The molecule has 0 aliphatic heterocycles. The molecule has 1 aromatic rings. The molecule has 0 aliphatic carbocycles. The molecule has 6 nitrogen and oxygen atoms in total. The van der Waals surface area contributed by atoms with Gasteiger partial charge in [0.25, 0.3) is 0 Å². The van der Waals surface area contributed by atoms with Gasteiger partial charge in [-0.3, -0.25) is 0 Å². The van der Waals surface area contributed by atoms with Crippen molar-refractivity contribution in [2.24, 2.45) is 15.0 Å². The van der Waals surface area contributed by atoms with Crippen LogP contribution in [0, 0.1) is 0 Å². The molecule has 90 valence electrons.